The number of benzene rings is 2. The van der Waals surface area contributed by atoms with Crippen LogP contribution < -0.4 is 10.5 Å². The molecule has 0 spiro atoms. The Hall–Kier alpha value is -2.64. The maximum atomic E-state index is 14.3. The van der Waals surface area contributed by atoms with Crippen LogP contribution in [0.4, 0.5) is 8.78 Å². The number of rotatable bonds is 8. The minimum Gasteiger partial charge on any atom is -0.489 e. The minimum atomic E-state index is -0.566. The van der Waals surface area contributed by atoms with Gasteiger partial charge in [-0.3, -0.25) is 9.69 Å². The molecule has 2 heterocycles. The van der Waals surface area contributed by atoms with Gasteiger partial charge < -0.3 is 15.5 Å². The summed E-state index contributed by atoms with van der Waals surface area (Å²) in [5.41, 5.74) is 8.49. The number of primary amides is 1. The molecular formula is C26H30ClF2N3O2. The Labute approximate surface area is 204 Å². The van der Waals surface area contributed by atoms with Gasteiger partial charge in [0, 0.05) is 47.4 Å². The second-order valence-corrected chi connectivity index (χ2v) is 9.65. The molecule has 3 N–H and O–H groups in total. The zero-order chi connectivity index (χ0) is 23.1. The van der Waals surface area contributed by atoms with Gasteiger partial charge in [0.05, 0.1) is 0 Å². The molecule has 0 unspecified atom stereocenters. The first-order valence-corrected chi connectivity index (χ1v) is 11.6. The van der Waals surface area contributed by atoms with Crippen molar-refractivity contribution in [3.8, 4) is 5.75 Å². The Balaban J connectivity index is 0.00000274. The molecule has 3 aromatic rings. The molecule has 182 valence electrons. The Bertz CT molecular complexity index is 1190. The fourth-order valence-electron chi connectivity index (χ4n) is 5.06. The van der Waals surface area contributed by atoms with Crippen molar-refractivity contribution >= 4 is 29.2 Å². The zero-order valence-electron chi connectivity index (χ0n) is 19.2. The monoisotopic (exact) mass is 489 g/mol. The molecule has 8 heteroatoms. The van der Waals surface area contributed by atoms with Crippen LogP contribution in [0, 0.1) is 23.5 Å². The minimum absolute atomic E-state index is 0. The van der Waals surface area contributed by atoms with Gasteiger partial charge in [0.15, 0.2) is 11.6 Å². The van der Waals surface area contributed by atoms with Crippen LogP contribution in [-0.4, -0.2) is 41.5 Å². The van der Waals surface area contributed by atoms with Crippen molar-refractivity contribution in [2.75, 3.05) is 19.7 Å². The third-order valence-corrected chi connectivity index (χ3v) is 6.89. The lowest BCUT2D eigenvalue weighted by Crippen LogP contribution is -2.46. The SMILES string of the molecule is C[C@@H](Cc1c[nH]c2ccc(F)cc12)CN(CC1CC1)[C@H]1COc2c(F)ccc(C(N)=O)c2C1.Cl. The normalized spacial score (nSPS) is 18.3. The summed E-state index contributed by atoms with van der Waals surface area (Å²) < 4.78 is 33.9. The van der Waals surface area contributed by atoms with Gasteiger partial charge in [0.25, 0.3) is 0 Å². The highest BCUT2D eigenvalue weighted by molar-refractivity contribution is 5.95. The number of aromatic amines is 1. The van der Waals surface area contributed by atoms with E-state index >= 15 is 0 Å². The number of carbonyl (C=O) groups excluding carboxylic acids is 1. The Morgan fingerprint density at radius 2 is 2.06 bits per heavy atom. The van der Waals surface area contributed by atoms with Gasteiger partial charge in [-0.15, -0.1) is 12.4 Å². The van der Waals surface area contributed by atoms with E-state index < -0.39 is 11.7 Å². The number of aromatic nitrogens is 1. The largest absolute Gasteiger partial charge is 0.489 e. The molecule has 1 fully saturated rings. The Morgan fingerprint density at radius 3 is 2.79 bits per heavy atom. The summed E-state index contributed by atoms with van der Waals surface area (Å²) in [7, 11) is 0. The standard InChI is InChI=1S/C26H29F2N3O2.ClH/c1-15(8-17-11-30-24-7-4-18(27)9-21(17)24)12-31(13-16-2-3-16)19-10-22-20(26(29)32)5-6-23(28)25(22)33-14-19;/h4-7,9,11,15-16,19,30H,2-3,8,10,12-14H2,1H3,(H2,29,32);1H/t15-,19+;/m0./s1. The molecule has 1 aliphatic heterocycles. The van der Waals surface area contributed by atoms with Crippen molar-refractivity contribution in [3.05, 3.63) is 64.9 Å². The number of halogens is 3. The van der Waals surface area contributed by atoms with Crippen molar-refractivity contribution < 1.29 is 18.3 Å². The van der Waals surface area contributed by atoms with Crippen molar-refractivity contribution in [1.29, 1.82) is 0 Å². The summed E-state index contributed by atoms with van der Waals surface area (Å²) in [6.07, 6.45) is 5.75. The number of carbonyl (C=O) groups is 1. The summed E-state index contributed by atoms with van der Waals surface area (Å²) in [5.74, 6) is -0.115. The predicted molar refractivity (Wildman–Crippen MR) is 131 cm³/mol. The maximum absolute atomic E-state index is 14.3. The van der Waals surface area contributed by atoms with Crippen molar-refractivity contribution in [2.45, 2.75) is 38.6 Å². The van der Waals surface area contributed by atoms with E-state index in [2.05, 4.69) is 16.8 Å². The number of nitrogens with two attached hydrogens (primary N) is 1. The molecule has 5 rings (SSSR count). The van der Waals surface area contributed by atoms with Crippen LogP contribution in [-0.2, 0) is 12.8 Å². The molecule has 1 aliphatic carbocycles. The lowest BCUT2D eigenvalue weighted by atomic mass is 9.94. The van der Waals surface area contributed by atoms with E-state index in [0.29, 0.717) is 36.0 Å². The van der Waals surface area contributed by atoms with Crippen LogP contribution in [0.15, 0.2) is 36.5 Å². The second kappa shape index (κ2) is 9.92. The van der Waals surface area contributed by atoms with Crippen LogP contribution in [0.25, 0.3) is 10.9 Å². The molecule has 2 aliphatic rings. The lowest BCUT2D eigenvalue weighted by Gasteiger charge is -2.37. The van der Waals surface area contributed by atoms with Gasteiger partial charge in [-0.2, -0.15) is 0 Å². The number of hydrogen-bond acceptors (Lipinski definition) is 3. The molecule has 0 radical (unpaired) electrons. The summed E-state index contributed by atoms with van der Waals surface area (Å²) in [5, 5.41) is 0.923. The number of nitrogens with zero attached hydrogens (tertiary/aromatic N) is 1. The molecule has 1 amide bonds. The molecule has 0 bridgehead atoms. The topological polar surface area (TPSA) is 71.3 Å². The number of amides is 1. The van der Waals surface area contributed by atoms with Crippen LogP contribution in [0.1, 0.15) is 41.3 Å². The van der Waals surface area contributed by atoms with Gasteiger partial charge in [-0.05, 0) is 73.4 Å². The number of hydrogen-bond donors (Lipinski definition) is 2. The average molecular weight is 490 g/mol. The van der Waals surface area contributed by atoms with E-state index in [1.54, 1.807) is 12.1 Å². The summed E-state index contributed by atoms with van der Waals surface area (Å²) in [4.78, 5) is 17.6. The fraction of sp³-hybridized carbons (Fsp3) is 0.423. The number of fused-ring (bicyclic) bond motifs is 2. The molecule has 2 atom stereocenters. The third kappa shape index (κ3) is 5.05. The number of ether oxygens (including phenoxy) is 1. The molecular weight excluding hydrogens is 460 g/mol. The van der Waals surface area contributed by atoms with Crippen LogP contribution >= 0.6 is 12.4 Å². The summed E-state index contributed by atoms with van der Waals surface area (Å²) >= 11 is 0. The van der Waals surface area contributed by atoms with Gasteiger partial charge in [-0.25, -0.2) is 8.78 Å². The first-order valence-electron chi connectivity index (χ1n) is 11.6. The molecule has 2 aromatic carbocycles. The van der Waals surface area contributed by atoms with Gasteiger partial charge in [0.1, 0.15) is 12.4 Å². The lowest BCUT2D eigenvalue weighted by molar-refractivity contribution is 0.0944. The fourth-order valence-corrected chi connectivity index (χ4v) is 5.06. The van der Waals surface area contributed by atoms with Gasteiger partial charge in [-0.1, -0.05) is 6.92 Å². The first-order chi connectivity index (χ1) is 15.9. The van der Waals surface area contributed by atoms with Crippen LogP contribution in [0.3, 0.4) is 0 Å². The molecule has 1 aromatic heterocycles. The van der Waals surface area contributed by atoms with Crippen LogP contribution in [0.2, 0.25) is 0 Å². The van der Waals surface area contributed by atoms with E-state index in [9.17, 15) is 13.6 Å². The van der Waals surface area contributed by atoms with E-state index in [4.69, 9.17) is 10.5 Å². The van der Waals surface area contributed by atoms with Crippen molar-refractivity contribution in [1.82, 2.24) is 9.88 Å². The van der Waals surface area contributed by atoms with E-state index in [1.165, 1.54) is 31.0 Å². The second-order valence-electron chi connectivity index (χ2n) is 9.65. The molecule has 34 heavy (non-hydrogen) atoms. The third-order valence-electron chi connectivity index (χ3n) is 6.89. The van der Waals surface area contributed by atoms with Crippen molar-refractivity contribution in [2.24, 2.45) is 17.6 Å². The van der Waals surface area contributed by atoms with E-state index in [-0.39, 0.29) is 30.0 Å². The number of H-pyrrole nitrogens is 1. The average Bonchev–Trinajstić information content (AvgIpc) is 3.53. The highest BCUT2D eigenvalue weighted by Crippen LogP contribution is 2.35. The smallest absolute Gasteiger partial charge is 0.249 e. The van der Waals surface area contributed by atoms with Crippen LogP contribution in [0.5, 0.6) is 5.75 Å². The van der Waals surface area contributed by atoms with Crippen molar-refractivity contribution in [3.63, 3.8) is 0 Å². The zero-order valence-corrected chi connectivity index (χ0v) is 20.0. The Morgan fingerprint density at radius 1 is 1.26 bits per heavy atom. The highest BCUT2D eigenvalue weighted by Gasteiger charge is 2.34. The maximum Gasteiger partial charge on any atom is 0.249 e. The molecule has 1 saturated carbocycles. The van der Waals surface area contributed by atoms with E-state index in [1.807, 2.05) is 6.20 Å². The quantitative estimate of drug-likeness (QED) is 0.474. The van der Waals surface area contributed by atoms with Gasteiger partial charge >= 0.3 is 0 Å². The first kappa shape index (κ1) is 24.5. The molecule has 0 saturated heterocycles. The summed E-state index contributed by atoms with van der Waals surface area (Å²) in [6.45, 7) is 4.37. The van der Waals surface area contributed by atoms with E-state index in [0.717, 1.165) is 36.0 Å². The highest BCUT2D eigenvalue weighted by atomic mass is 35.5. The van der Waals surface area contributed by atoms with Gasteiger partial charge in [0.2, 0.25) is 5.91 Å². The molecule has 5 nitrogen and oxygen atoms in total. The predicted octanol–water partition coefficient (Wildman–Crippen LogP) is 4.86. The summed E-state index contributed by atoms with van der Waals surface area (Å²) in [6, 6.07) is 7.56. The Kier molecular flexibility index (Phi) is 7.14. The number of nitrogens with one attached hydrogen (secondary N) is 1.